The number of hydrogen-bond acceptors (Lipinski definition) is 3. The van der Waals surface area contributed by atoms with Crippen LogP contribution in [0.5, 0.6) is 0 Å². The summed E-state index contributed by atoms with van der Waals surface area (Å²) < 4.78 is 0. The van der Waals surface area contributed by atoms with Crippen molar-refractivity contribution in [1.82, 2.24) is 5.32 Å². The van der Waals surface area contributed by atoms with Gasteiger partial charge in [-0.05, 0) is 57.1 Å². The molecule has 1 aliphatic rings. The number of carbonyl (C=O) groups is 1. The normalized spacial score (nSPS) is 21.9. The van der Waals surface area contributed by atoms with E-state index in [0.29, 0.717) is 10.6 Å². The molecule has 0 atom stereocenters. The second kappa shape index (κ2) is 7.95. The highest BCUT2D eigenvalue weighted by Gasteiger charge is 2.23. The third-order valence-electron chi connectivity index (χ3n) is 3.94. The van der Waals surface area contributed by atoms with Crippen LogP contribution in [0.15, 0.2) is 18.2 Å². The van der Waals surface area contributed by atoms with E-state index in [1.807, 2.05) is 24.8 Å². The van der Waals surface area contributed by atoms with E-state index in [4.69, 9.17) is 11.6 Å². The van der Waals surface area contributed by atoms with Gasteiger partial charge in [-0.15, -0.1) is 0 Å². The Morgan fingerprint density at radius 1 is 1.33 bits per heavy atom. The van der Waals surface area contributed by atoms with Gasteiger partial charge in [-0.1, -0.05) is 11.6 Å². The molecule has 2 N–H and O–H groups in total. The Kier molecular flexibility index (Phi) is 6.24. The van der Waals surface area contributed by atoms with Crippen molar-refractivity contribution in [1.29, 1.82) is 0 Å². The second-order valence-corrected chi connectivity index (χ2v) is 6.98. The molecule has 1 aliphatic carbocycles. The number of amides is 1. The predicted molar refractivity (Wildman–Crippen MR) is 92.6 cm³/mol. The molecular formula is C16H23ClN2OS. The number of nitrogens with one attached hydrogen (secondary N) is 2. The fraction of sp³-hybridized carbons (Fsp3) is 0.562. The Morgan fingerprint density at radius 3 is 2.67 bits per heavy atom. The fourth-order valence-electron chi connectivity index (χ4n) is 2.75. The van der Waals surface area contributed by atoms with Crippen LogP contribution in [0.3, 0.4) is 0 Å². The zero-order valence-corrected chi connectivity index (χ0v) is 14.2. The van der Waals surface area contributed by atoms with Gasteiger partial charge in [0.15, 0.2) is 0 Å². The number of anilines is 1. The van der Waals surface area contributed by atoms with Crippen LogP contribution in [-0.4, -0.2) is 30.0 Å². The van der Waals surface area contributed by atoms with Gasteiger partial charge in [-0.2, -0.15) is 11.8 Å². The number of hydrogen-bond donors (Lipinski definition) is 2. The van der Waals surface area contributed by atoms with Crippen LogP contribution >= 0.6 is 23.4 Å². The van der Waals surface area contributed by atoms with E-state index >= 15 is 0 Å². The molecule has 0 aliphatic heterocycles. The van der Waals surface area contributed by atoms with E-state index < -0.39 is 0 Å². The first kappa shape index (κ1) is 16.5. The van der Waals surface area contributed by atoms with Gasteiger partial charge in [0.2, 0.25) is 0 Å². The smallest absolute Gasteiger partial charge is 0.253 e. The van der Waals surface area contributed by atoms with Crippen LogP contribution in [0.2, 0.25) is 5.02 Å². The topological polar surface area (TPSA) is 41.1 Å². The number of halogens is 1. The van der Waals surface area contributed by atoms with Crippen molar-refractivity contribution in [2.45, 2.75) is 43.9 Å². The lowest BCUT2D eigenvalue weighted by Crippen LogP contribution is -2.38. The molecule has 3 nitrogen and oxygen atoms in total. The molecule has 0 heterocycles. The molecular weight excluding hydrogens is 304 g/mol. The molecule has 1 aromatic carbocycles. The quantitative estimate of drug-likeness (QED) is 0.853. The van der Waals surface area contributed by atoms with E-state index in [1.54, 1.807) is 12.1 Å². The Hall–Kier alpha value is -0.870. The highest BCUT2D eigenvalue weighted by Crippen LogP contribution is 2.27. The Balaban J connectivity index is 2.01. The molecule has 0 aromatic heterocycles. The van der Waals surface area contributed by atoms with Crippen LogP contribution in [-0.2, 0) is 0 Å². The standard InChI is InChI=1S/C16H23ClN2OS/c1-3-18-15-9-4-11(17)10-14(15)16(20)19-12-5-7-13(21-2)8-6-12/h4,9-10,12-13,18H,3,5-8H2,1-2H3,(H,19,20). The number of rotatable bonds is 5. The third kappa shape index (κ3) is 4.55. The summed E-state index contributed by atoms with van der Waals surface area (Å²) in [4.78, 5) is 12.5. The van der Waals surface area contributed by atoms with Crippen LogP contribution in [0.1, 0.15) is 43.0 Å². The van der Waals surface area contributed by atoms with E-state index in [2.05, 4.69) is 16.9 Å². The summed E-state index contributed by atoms with van der Waals surface area (Å²) >= 11 is 7.97. The van der Waals surface area contributed by atoms with Gasteiger partial charge < -0.3 is 10.6 Å². The molecule has 21 heavy (non-hydrogen) atoms. The molecule has 1 aromatic rings. The number of benzene rings is 1. The SMILES string of the molecule is CCNc1ccc(Cl)cc1C(=O)NC1CCC(SC)CC1. The summed E-state index contributed by atoms with van der Waals surface area (Å²) in [7, 11) is 0. The first-order chi connectivity index (χ1) is 10.1. The summed E-state index contributed by atoms with van der Waals surface area (Å²) in [6, 6.07) is 5.70. The van der Waals surface area contributed by atoms with Crippen molar-refractivity contribution in [3.8, 4) is 0 Å². The van der Waals surface area contributed by atoms with Crippen molar-refractivity contribution >= 4 is 35.0 Å². The molecule has 5 heteroatoms. The van der Waals surface area contributed by atoms with Crippen LogP contribution in [0.25, 0.3) is 0 Å². The van der Waals surface area contributed by atoms with Crippen LogP contribution in [0.4, 0.5) is 5.69 Å². The van der Waals surface area contributed by atoms with Gasteiger partial charge in [0.25, 0.3) is 5.91 Å². The lowest BCUT2D eigenvalue weighted by molar-refractivity contribution is 0.0929. The van der Waals surface area contributed by atoms with Gasteiger partial charge in [-0.3, -0.25) is 4.79 Å². The van der Waals surface area contributed by atoms with Crippen LogP contribution in [0, 0.1) is 0 Å². The second-order valence-electron chi connectivity index (χ2n) is 5.40. The van der Waals surface area contributed by atoms with E-state index in [0.717, 1.165) is 30.3 Å². The Morgan fingerprint density at radius 2 is 2.05 bits per heavy atom. The van der Waals surface area contributed by atoms with Gasteiger partial charge in [-0.25, -0.2) is 0 Å². The van der Waals surface area contributed by atoms with Crippen molar-refractivity contribution in [3.63, 3.8) is 0 Å². The maximum atomic E-state index is 12.5. The molecule has 1 saturated carbocycles. The summed E-state index contributed by atoms with van der Waals surface area (Å²) in [5, 5.41) is 7.72. The van der Waals surface area contributed by atoms with Crippen molar-refractivity contribution < 1.29 is 4.79 Å². The lowest BCUT2D eigenvalue weighted by Gasteiger charge is -2.28. The number of carbonyl (C=O) groups excluding carboxylic acids is 1. The summed E-state index contributed by atoms with van der Waals surface area (Å²) in [5.41, 5.74) is 1.48. The molecule has 1 amide bonds. The largest absolute Gasteiger partial charge is 0.385 e. The average Bonchev–Trinajstić information content (AvgIpc) is 2.50. The first-order valence-corrected chi connectivity index (χ1v) is 9.17. The minimum Gasteiger partial charge on any atom is -0.385 e. The molecule has 2 rings (SSSR count). The molecule has 0 saturated heterocycles. The third-order valence-corrected chi connectivity index (χ3v) is 5.31. The van der Waals surface area contributed by atoms with Crippen molar-refractivity contribution in [3.05, 3.63) is 28.8 Å². The highest BCUT2D eigenvalue weighted by atomic mass is 35.5. The molecule has 0 unspecified atom stereocenters. The summed E-state index contributed by atoms with van der Waals surface area (Å²) in [6.07, 6.45) is 6.66. The zero-order chi connectivity index (χ0) is 15.2. The van der Waals surface area contributed by atoms with Crippen molar-refractivity contribution in [2.24, 2.45) is 0 Å². The molecule has 0 radical (unpaired) electrons. The lowest BCUT2D eigenvalue weighted by atomic mass is 9.94. The maximum Gasteiger partial charge on any atom is 0.253 e. The monoisotopic (exact) mass is 326 g/mol. The fourth-order valence-corrected chi connectivity index (χ4v) is 3.67. The zero-order valence-electron chi connectivity index (χ0n) is 12.6. The van der Waals surface area contributed by atoms with E-state index in [9.17, 15) is 4.79 Å². The van der Waals surface area contributed by atoms with E-state index in [1.165, 1.54) is 12.8 Å². The predicted octanol–water partition coefficient (Wildman–Crippen LogP) is 4.18. The molecule has 0 spiro atoms. The molecule has 116 valence electrons. The Bertz CT molecular complexity index is 487. The van der Waals surface area contributed by atoms with Gasteiger partial charge >= 0.3 is 0 Å². The minimum absolute atomic E-state index is 0.0268. The van der Waals surface area contributed by atoms with Gasteiger partial charge in [0, 0.05) is 28.5 Å². The minimum atomic E-state index is -0.0268. The number of thioether (sulfide) groups is 1. The van der Waals surface area contributed by atoms with Crippen molar-refractivity contribution in [2.75, 3.05) is 18.1 Å². The van der Waals surface area contributed by atoms with E-state index in [-0.39, 0.29) is 11.9 Å². The molecule has 1 fully saturated rings. The first-order valence-electron chi connectivity index (χ1n) is 7.51. The highest BCUT2D eigenvalue weighted by molar-refractivity contribution is 7.99. The Labute approximate surface area is 136 Å². The van der Waals surface area contributed by atoms with Gasteiger partial charge in [0.05, 0.1) is 5.56 Å². The van der Waals surface area contributed by atoms with Gasteiger partial charge in [0.1, 0.15) is 0 Å². The summed E-state index contributed by atoms with van der Waals surface area (Å²) in [6.45, 7) is 2.79. The van der Waals surface area contributed by atoms with Crippen LogP contribution < -0.4 is 10.6 Å². The molecule has 0 bridgehead atoms. The maximum absolute atomic E-state index is 12.5. The summed E-state index contributed by atoms with van der Waals surface area (Å²) in [5.74, 6) is -0.0268. The average molecular weight is 327 g/mol.